The molecule has 0 unspecified atom stereocenters. The third kappa shape index (κ3) is 4.28. The molecular weight excluding hydrogens is 478 g/mol. The second-order valence-corrected chi connectivity index (χ2v) is 10.6. The van der Waals surface area contributed by atoms with Gasteiger partial charge in [0.25, 0.3) is 15.9 Å². The van der Waals surface area contributed by atoms with Crippen molar-refractivity contribution in [1.29, 1.82) is 0 Å². The summed E-state index contributed by atoms with van der Waals surface area (Å²) in [5.74, 6) is -1.00. The largest absolute Gasteiger partial charge is 0.465 e. The average Bonchev–Trinajstić information content (AvgIpc) is 3.16. The highest BCUT2D eigenvalue weighted by atomic mass is 32.2. The Labute approximate surface area is 210 Å². The van der Waals surface area contributed by atoms with E-state index in [-0.39, 0.29) is 21.7 Å². The number of sulfonamides is 1. The number of methoxy groups -OCH3 is 1. The number of aryl methyl sites for hydroxylation is 5. The zero-order valence-corrected chi connectivity index (χ0v) is 21.8. The summed E-state index contributed by atoms with van der Waals surface area (Å²) < 4.78 is 39.6. The van der Waals surface area contributed by atoms with E-state index < -0.39 is 21.9 Å². The van der Waals surface area contributed by atoms with Gasteiger partial charge in [0.2, 0.25) is 0 Å². The van der Waals surface area contributed by atoms with Crippen LogP contribution < -0.4 is 4.31 Å². The van der Waals surface area contributed by atoms with Crippen LogP contribution in [0.1, 0.15) is 48.7 Å². The normalized spacial score (nSPS) is 11.5. The molecule has 0 aliphatic heterocycles. The van der Waals surface area contributed by atoms with Gasteiger partial charge in [0, 0.05) is 10.9 Å². The summed E-state index contributed by atoms with van der Waals surface area (Å²) in [6.45, 7) is 8.92. The van der Waals surface area contributed by atoms with Crippen molar-refractivity contribution in [2.24, 2.45) is 0 Å². The molecule has 4 aromatic rings. The number of carbonyl (C=O) groups is 2. The number of ether oxygens (including phenoxy) is 1. The van der Waals surface area contributed by atoms with E-state index in [1.165, 1.54) is 19.2 Å². The third-order valence-corrected chi connectivity index (χ3v) is 8.12. The van der Waals surface area contributed by atoms with Gasteiger partial charge < -0.3 is 9.15 Å². The van der Waals surface area contributed by atoms with Crippen molar-refractivity contribution in [3.63, 3.8) is 0 Å². The number of esters is 1. The van der Waals surface area contributed by atoms with E-state index in [0.29, 0.717) is 22.3 Å². The molecule has 1 heterocycles. The fourth-order valence-corrected chi connectivity index (χ4v) is 5.88. The molecule has 7 nitrogen and oxygen atoms in total. The predicted molar refractivity (Wildman–Crippen MR) is 138 cm³/mol. The van der Waals surface area contributed by atoms with Crippen molar-refractivity contribution in [2.45, 2.75) is 39.5 Å². The molecule has 1 amide bonds. The van der Waals surface area contributed by atoms with Crippen LogP contribution in [0.4, 0.5) is 5.69 Å². The number of hydrogen-bond acceptors (Lipinski definition) is 6. The quantitative estimate of drug-likeness (QED) is 0.318. The SMILES string of the molecule is COC(=O)c1c(C)oc2ccc(N(C(=O)c3ccc(C)cc3)S(=O)(=O)c3cc(C)c(C)cc3C)cc12. The van der Waals surface area contributed by atoms with Crippen LogP contribution in [0.15, 0.2) is 63.9 Å². The first kappa shape index (κ1) is 25.2. The Bertz CT molecular complexity index is 1610. The molecule has 0 saturated carbocycles. The lowest BCUT2D eigenvalue weighted by Gasteiger charge is -2.24. The van der Waals surface area contributed by atoms with Gasteiger partial charge in [0.1, 0.15) is 16.9 Å². The topological polar surface area (TPSA) is 93.9 Å². The number of hydrogen-bond donors (Lipinski definition) is 0. The molecular formula is C28H27NO6S. The zero-order valence-electron chi connectivity index (χ0n) is 21.0. The van der Waals surface area contributed by atoms with Crippen molar-refractivity contribution in [3.05, 3.63) is 93.7 Å². The van der Waals surface area contributed by atoms with Gasteiger partial charge in [0.15, 0.2) is 0 Å². The summed E-state index contributed by atoms with van der Waals surface area (Å²) in [6.07, 6.45) is 0. The molecule has 0 aliphatic rings. The third-order valence-electron chi connectivity index (χ3n) is 6.26. The molecule has 0 N–H and O–H groups in total. The molecule has 0 bridgehead atoms. The van der Waals surface area contributed by atoms with E-state index in [1.807, 2.05) is 20.8 Å². The lowest BCUT2D eigenvalue weighted by molar-refractivity contribution is 0.0600. The van der Waals surface area contributed by atoms with E-state index in [0.717, 1.165) is 21.0 Å². The average molecular weight is 506 g/mol. The molecule has 0 radical (unpaired) electrons. The summed E-state index contributed by atoms with van der Waals surface area (Å²) in [4.78, 5) is 26.2. The molecule has 4 rings (SSSR count). The number of fused-ring (bicyclic) bond motifs is 1. The fourth-order valence-electron chi connectivity index (χ4n) is 4.18. The van der Waals surface area contributed by atoms with Crippen molar-refractivity contribution in [2.75, 3.05) is 11.4 Å². The highest BCUT2D eigenvalue weighted by Crippen LogP contribution is 2.34. The van der Waals surface area contributed by atoms with Crippen LogP contribution in [0.25, 0.3) is 11.0 Å². The molecule has 3 aromatic carbocycles. The van der Waals surface area contributed by atoms with E-state index in [4.69, 9.17) is 9.15 Å². The maximum atomic E-state index is 14.1. The molecule has 36 heavy (non-hydrogen) atoms. The summed E-state index contributed by atoms with van der Waals surface area (Å²) in [5, 5.41) is 0.352. The standard InChI is InChI=1S/C28H27NO6S/c1-16-7-9-21(10-8-16)27(30)29(36(32,33)25-14-18(3)17(2)13-19(25)4)22-11-12-24-23(15-22)26(20(5)35-24)28(31)34-6/h7-15H,1-6H3. The van der Waals surface area contributed by atoms with Gasteiger partial charge in [-0.1, -0.05) is 23.8 Å². The highest BCUT2D eigenvalue weighted by Gasteiger charge is 2.34. The predicted octanol–water partition coefficient (Wildman–Crippen LogP) is 5.80. The lowest BCUT2D eigenvalue weighted by atomic mass is 10.1. The van der Waals surface area contributed by atoms with Gasteiger partial charge in [-0.05, 0) is 87.7 Å². The second kappa shape index (κ2) is 9.28. The Hall–Kier alpha value is -3.91. The smallest absolute Gasteiger partial charge is 0.342 e. The Morgan fingerprint density at radius 1 is 0.833 bits per heavy atom. The minimum absolute atomic E-state index is 0.0303. The number of amides is 1. The molecule has 0 atom stereocenters. The summed E-state index contributed by atoms with van der Waals surface area (Å²) in [6, 6.07) is 14.5. The van der Waals surface area contributed by atoms with Crippen molar-refractivity contribution < 1.29 is 27.2 Å². The number of benzene rings is 3. The number of nitrogens with zero attached hydrogens (tertiary/aromatic N) is 1. The molecule has 186 valence electrons. The number of rotatable bonds is 5. The van der Waals surface area contributed by atoms with Gasteiger partial charge >= 0.3 is 5.97 Å². The first-order valence-corrected chi connectivity index (χ1v) is 12.8. The van der Waals surface area contributed by atoms with Crippen LogP contribution in [0.5, 0.6) is 0 Å². The molecule has 0 saturated heterocycles. The van der Waals surface area contributed by atoms with Crippen LogP contribution in [0.2, 0.25) is 0 Å². The van der Waals surface area contributed by atoms with Crippen LogP contribution in [-0.4, -0.2) is 27.4 Å². The second-order valence-electron chi connectivity index (χ2n) is 8.85. The van der Waals surface area contributed by atoms with Crippen LogP contribution in [-0.2, 0) is 14.8 Å². The summed E-state index contributed by atoms with van der Waals surface area (Å²) in [5.41, 5.74) is 4.03. The van der Waals surface area contributed by atoms with Crippen molar-refractivity contribution in [1.82, 2.24) is 0 Å². The lowest BCUT2D eigenvalue weighted by Crippen LogP contribution is -2.37. The summed E-state index contributed by atoms with van der Waals surface area (Å²) >= 11 is 0. The highest BCUT2D eigenvalue weighted by molar-refractivity contribution is 7.93. The molecule has 1 aromatic heterocycles. The molecule has 0 fully saturated rings. The van der Waals surface area contributed by atoms with Crippen LogP contribution >= 0.6 is 0 Å². The van der Waals surface area contributed by atoms with Crippen LogP contribution in [0.3, 0.4) is 0 Å². The van der Waals surface area contributed by atoms with Gasteiger partial charge in [-0.25, -0.2) is 13.2 Å². The Kier molecular flexibility index (Phi) is 6.49. The Balaban J connectivity index is 1.99. The number of anilines is 1. The fraction of sp³-hybridized carbons (Fsp3) is 0.214. The van der Waals surface area contributed by atoms with Crippen molar-refractivity contribution in [3.8, 4) is 0 Å². The first-order chi connectivity index (χ1) is 16.9. The van der Waals surface area contributed by atoms with Crippen molar-refractivity contribution >= 4 is 38.6 Å². The maximum absolute atomic E-state index is 14.1. The van der Waals surface area contributed by atoms with E-state index in [2.05, 4.69) is 0 Å². The minimum atomic E-state index is -4.35. The maximum Gasteiger partial charge on any atom is 0.342 e. The van der Waals surface area contributed by atoms with Gasteiger partial charge in [-0.3, -0.25) is 4.79 Å². The van der Waals surface area contributed by atoms with E-state index in [9.17, 15) is 18.0 Å². The Morgan fingerprint density at radius 3 is 2.11 bits per heavy atom. The molecule has 0 spiro atoms. The first-order valence-electron chi connectivity index (χ1n) is 11.3. The van der Waals surface area contributed by atoms with Gasteiger partial charge in [0.05, 0.1) is 17.7 Å². The van der Waals surface area contributed by atoms with Gasteiger partial charge in [-0.15, -0.1) is 0 Å². The molecule has 8 heteroatoms. The molecule has 0 aliphatic carbocycles. The number of furan rings is 1. The zero-order chi connectivity index (χ0) is 26.4. The minimum Gasteiger partial charge on any atom is -0.465 e. The van der Waals surface area contributed by atoms with E-state index in [1.54, 1.807) is 56.3 Å². The Morgan fingerprint density at radius 2 is 1.47 bits per heavy atom. The number of carbonyl (C=O) groups excluding carboxylic acids is 2. The monoisotopic (exact) mass is 505 g/mol. The van der Waals surface area contributed by atoms with Crippen LogP contribution in [0, 0.1) is 34.6 Å². The summed E-state index contributed by atoms with van der Waals surface area (Å²) in [7, 11) is -3.09. The van der Waals surface area contributed by atoms with E-state index >= 15 is 0 Å². The van der Waals surface area contributed by atoms with Gasteiger partial charge in [-0.2, -0.15) is 4.31 Å².